The van der Waals surface area contributed by atoms with E-state index in [0.29, 0.717) is 30.1 Å². The standard InChI is InChI=1S/C23H24N6O/c1-13-22(14(2)29(4)28-13)18-11-25-15(3)26-23(18)30-12-16-10-17(16)19-7-8-20-21(27-19)6-5-9-24-20/h5-9,11,16-17H,10,12H2,1-4H3/t16-,17+/m1/s1. The van der Waals surface area contributed by atoms with Crippen molar-refractivity contribution in [3.05, 3.63) is 59.6 Å². The molecule has 0 aliphatic heterocycles. The van der Waals surface area contributed by atoms with Gasteiger partial charge in [0.05, 0.1) is 28.9 Å². The molecule has 1 aliphatic carbocycles. The van der Waals surface area contributed by atoms with Crippen LogP contribution in [0.25, 0.3) is 22.2 Å². The van der Waals surface area contributed by atoms with Crippen LogP contribution in [0.3, 0.4) is 0 Å². The van der Waals surface area contributed by atoms with Gasteiger partial charge in [0.2, 0.25) is 5.88 Å². The summed E-state index contributed by atoms with van der Waals surface area (Å²) in [4.78, 5) is 18.1. The Morgan fingerprint density at radius 2 is 1.93 bits per heavy atom. The average Bonchev–Trinajstić information content (AvgIpc) is 3.47. The Morgan fingerprint density at radius 3 is 2.73 bits per heavy atom. The molecule has 1 saturated carbocycles. The molecule has 30 heavy (non-hydrogen) atoms. The van der Waals surface area contributed by atoms with E-state index in [4.69, 9.17) is 9.72 Å². The van der Waals surface area contributed by atoms with Crippen molar-refractivity contribution in [2.24, 2.45) is 13.0 Å². The van der Waals surface area contributed by atoms with Gasteiger partial charge in [0, 0.05) is 48.2 Å². The maximum Gasteiger partial charge on any atom is 0.224 e. The number of aromatic nitrogens is 6. The van der Waals surface area contributed by atoms with Crippen molar-refractivity contribution < 1.29 is 4.74 Å². The molecule has 0 unspecified atom stereocenters. The maximum atomic E-state index is 6.23. The van der Waals surface area contributed by atoms with E-state index in [2.05, 4.69) is 33.0 Å². The fourth-order valence-electron chi connectivity index (χ4n) is 4.05. The number of ether oxygens (including phenoxy) is 1. The molecule has 0 bridgehead atoms. The average molecular weight is 400 g/mol. The van der Waals surface area contributed by atoms with Crippen LogP contribution in [0.1, 0.15) is 35.2 Å². The van der Waals surface area contributed by atoms with Crippen LogP contribution < -0.4 is 4.74 Å². The topological polar surface area (TPSA) is 78.6 Å². The van der Waals surface area contributed by atoms with E-state index in [1.807, 2.05) is 50.0 Å². The molecule has 0 radical (unpaired) electrons. The van der Waals surface area contributed by atoms with Gasteiger partial charge in [-0.3, -0.25) is 14.6 Å². The highest BCUT2D eigenvalue weighted by Gasteiger charge is 2.40. The highest BCUT2D eigenvalue weighted by atomic mass is 16.5. The van der Waals surface area contributed by atoms with Crippen molar-refractivity contribution in [3.8, 4) is 17.0 Å². The number of pyridine rings is 2. The zero-order valence-electron chi connectivity index (χ0n) is 17.6. The molecule has 0 aromatic carbocycles. The van der Waals surface area contributed by atoms with E-state index < -0.39 is 0 Å². The summed E-state index contributed by atoms with van der Waals surface area (Å²) in [6, 6.07) is 8.07. The van der Waals surface area contributed by atoms with Crippen LogP contribution in [0.4, 0.5) is 0 Å². The fourth-order valence-corrected chi connectivity index (χ4v) is 4.05. The predicted molar refractivity (Wildman–Crippen MR) is 114 cm³/mol. The molecular weight excluding hydrogens is 376 g/mol. The molecule has 0 spiro atoms. The molecule has 0 N–H and O–H groups in total. The van der Waals surface area contributed by atoms with Crippen molar-refractivity contribution in [1.29, 1.82) is 0 Å². The third-order valence-corrected chi connectivity index (χ3v) is 5.87. The Hall–Kier alpha value is -3.35. The molecule has 1 aliphatic rings. The first-order chi connectivity index (χ1) is 14.5. The molecule has 0 saturated heterocycles. The van der Waals surface area contributed by atoms with Gasteiger partial charge in [-0.1, -0.05) is 0 Å². The van der Waals surface area contributed by atoms with Gasteiger partial charge in [0.1, 0.15) is 5.82 Å². The smallest absolute Gasteiger partial charge is 0.224 e. The molecule has 5 rings (SSSR count). The van der Waals surface area contributed by atoms with E-state index in [9.17, 15) is 0 Å². The van der Waals surface area contributed by atoms with Gasteiger partial charge in [0.25, 0.3) is 0 Å². The second kappa shape index (κ2) is 7.16. The van der Waals surface area contributed by atoms with Crippen LogP contribution in [0.2, 0.25) is 0 Å². The highest BCUT2D eigenvalue weighted by molar-refractivity contribution is 5.74. The van der Waals surface area contributed by atoms with Gasteiger partial charge >= 0.3 is 0 Å². The molecule has 4 aromatic heterocycles. The molecule has 7 heteroatoms. The number of rotatable bonds is 5. The van der Waals surface area contributed by atoms with Gasteiger partial charge < -0.3 is 4.74 Å². The SMILES string of the molecule is Cc1ncc(-c2c(C)nn(C)c2C)c(OC[C@H]2C[C@@H]2c2ccc3ncccc3n2)n1. The first-order valence-electron chi connectivity index (χ1n) is 10.2. The van der Waals surface area contributed by atoms with Gasteiger partial charge in [0.15, 0.2) is 0 Å². The number of nitrogens with zero attached hydrogens (tertiary/aromatic N) is 6. The molecule has 7 nitrogen and oxygen atoms in total. The van der Waals surface area contributed by atoms with Crippen molar-refractivity contribution in [1.82, 2.24) is 29.7 Å². The quantitative estimate of drug-likeness (QED) is 0.505. The molecule has 152 valence electrons. The lowest BCUT2D eigenvalue weighted by Crippen LogP contribution is -2.06. The van der Waals surface area contributed by atoms with Crippen LogP contribution in [0.15, 0.2) is 36.7 Å². The number of hydrogen-bond donors (Lipinski definition) is 0. The monoisotopic (exact) mass is 400 g/mol. The summed E-state index contributed by atoms with van der Waals surface area (Å²) < 4.78 is 8.11. The van der Waals surface area contributed by atoms with Crippen LogP contribution >= 0.6 is 0 Å². The lowest BCUT2D eigenvalue weighted by molar-refractivity contribution is 0.285. The van der Waals surface area contributed by atoms with Crippen LogP contribution in [-0.2, 0) is 7.05 Å². The van der Waals surface area contributed by atoms with Crippen LogP contribution in [0.5, 0.6) is 5.88 Å². The van der Waals surface area contributed by atoms with Crippen LogP contribution in [-0.4, -0.2) is 36.3 Å². The third kappa shape index (κ3) is 3.30. The summed E-state index contributed by atoms with van der Waals surface area (Å²) in [5.74, 6) is 2.18. The van der Waals surface area contributed by atoms with E-state index in [0.717, 1.165) is 45.7 Å². The largest absolute Gasteiger partial charge is 0.477 e. The Bertz CT molecular complexity index is 1250. The number of hydrogen-bond acceptors (Lipinski definition) is 6. The van der Waals surface area contributed by atoms with E-state index in [1.165, 1.54) is 0 Å². The molecule has 4 aromatic rings. The Labute approximate surface area is 175 Å². The van der Waals surface area contributed by atoms with Crippen molar-refractivity contribution in [2.75, 3.05) is 6.61 Å². The van der Waals surface area contributed by atoms with E-state index in [-0.39, 0.29) is 0 Å². The number of aryl methyl sites for hydroxylation is 3. The Balaban J connectivity index is 1.35. The van der Waals surface area contributed by atoms with Gasteiger partial charge in [-0.05, 0) is 51.5 Å². The predicted octanol–water partition coefficient (Wildman–Crippen LogP) is 3.93. The van der Waals surface area contributed by atoms with Crippen molar-refractivity contribution in [2.45, 2.75) is 33.1 Å². The second-order valence-corrected chi connectivity index (χ2v) is 8.00. The Morgan fingerprint density at radius 1 is 1.07 bits per heavy atom. The van der Waals surface area contributed by atoms with E-state index >= 15 is 0 Å². The summed E-state index contributed by atoms with van der Waals surface area (Å²) in [5.41, 5.74) is 6.95. The minimum atomic E-state index is 0.419. The summed E-state index contributed by atoms with van der Waals surface area (Å²) in [6.45, 7) is 6.55. The normalized spacial score (nSPS) is 18.0. The highest BCUT2D eigenvalue weighted by Crippen LogP contribution is 2.47. The summed E-state index contributed by atoms with van der Waals surface area (Å²) in [7, 11) is 1.95. The number of fused-ring (bicyclic) bond motifs is 1. The third-order valence-electron chi connectivity index (χ3n) is 5.87. The van der Waals surface area contributed by atoms with Crippen LogP contribution in [0, 0.1) is 26.7 Å². The Kier molecular flexibility index (Phi) is 4.46. The molecular formula is C23H24N6O. The molecule has 0 amide bonds. The fraction of sp³-hybridized carbons (Fsp3) is 0.348. The summed E-state index contributed by atoms with van der Waals surface area (Å²) in [6.07, 6.45) is 4.71. The first-order valence-corrected chi connectivity index (χ1v) is 10.2. The first kappa shape index (κ1) is 18.7. The molecule has 4 heterocycles. The van der Waals surface area contributed by atoms with Crippen molar-refractivity contribution >= 4 is 11.0 Å². The van der Waals surface area contributed by atoms with Gasteiger partial charge in [-0.2, -0.15) is 10.1 Å². The second-order valence-electron chi connectivity index (χ2n) is 8.00. The van der Waals surface area contributed by atoms with E-state index in [1.54, 1.807) is 6.20 Å². The minimum absolute atomic E-state index is 0.419. The minimum Gasteiger partial charge on any atom is -0.477 e. The van der Waals surface area contributed by atoms with Crippen molar-refractivity contribution in [3.63, 3.8) is 0 Å². The zero-order chi connectivity index (χ0) is 20.8. The van der Waals surface area contributed by atoms with Gasteiger partial charge in [-0.15, -0.1) is 0 Å². The molecule has 1 fully saturated rings. The summed E-state index contributed by atoms with van der Waals surface area (Å²) in [5, 5.41) is 4.53. The van der Waals surface area contributed by atoms with Gasteiger partial charge in [-0.25, -0.2) is 4.98 Å². The summed E-state index contributed by atoms with van der Waals surface area (Å²) >= 11 is 0. The zero-order valence-corrected chi connectivity index (χ0v) is 17.6. The maximum absolute atomic E-state index is 6.23. The lowest BCUT2D eigenvalue weighted by Gasteiger charge is -2.11. The lowest BCUT2D eigenvalue weighted by atomic mass is 10.1. The molecule has 2 atom stereocenters.